The van der Waals surface area contributed by atoms with E-state index in [1.807, 2.05) is 0 Å². The first-order chi connectivity index (χ1) is 10.2. The third-order valence-corrected chi connectivity index (χ3v) is 4.78. The van der Waals surface area contributed by atoms with Crippen molar-refractivity contribution in [2.45, 2.75) is 18.9 Å². The van der Waals surface area contributed by atoms with E-state index < -0.39 is 0 Å². The van der Waals surface area contributed by atoms with Gasteiger partial charge in [0.15, 0.2) is 0 Å². The molecule has 3 aliphatic rings. The fraction of sp³-hybridized carbons (Fsp3) is 0.467. The number of esters is 1. The lowest BCUT2D eigenvalue weighted by Crippen LogP contribution is -2.51. The van der Waals surface area contributed by atoms with E-state index in [4.69, 9.17) is 16.3 Å². The number of piperidine rings is 3. The van der Waals surface area contributed by atoms with Crippen LogP contribution in [0.3, 0.4) is 0 Å². The Balaban J connectivity index is 1.60. The minimum absolute atomic E-state index is 0.00651. The summed E-state index contributed by atoms with van der Waals surface area (Å²) in [6.45, 7) is 3.10. The maximum absolute atomic E-state index is 12.5. The second-order valence-corrected chi connectivity index (χ2v) is 6.27. The van der Waals surface area contributed by atoms with Crippen molar-refractivity contribution in [1.82, 2.24) is 14.9 Å². The summed E-state index contributed by atoms with van der Waals surface area (Å²) in [5.74, 6) is 0.168. The molecule has 0 aliphatic carbocycles. The molecule has 1 aromatic carbocycles. The van der Waals surface area contributed by atoms with E-state index >= 15 is 0 Å². The molecule has 0 radical (unpaired) electrons. The van der Waals surface area contributed by atoms with Crippen molar-refractivity contribution in [2.75, 3.05) is 19.6 Å². The molecule has 1 aromatic heterocycles. The quantitative estimate of drug-likeness (QED) is 0.866. The number of fused-ring (bicyclic) bond motifs is 4. The first-order valence-corrected chi connectivity index (χ1v) is 7.64. The number of benzene rings is 1. The summed E-state index contributed by atoms with van der Waals surface area (Å²) in [7, 11) is 0. The number of carbonyl (C=O) groups is 1. The van der Waals surface area contributed by atoms with Gasteiger partial charge in [0.1, 0.15) is 11.6 Å². The number of hydrogen-bond acceptors (Lipinski definition) is 4. The number of nitrogens with one attached hydrogen (secondary N) is 1. The van der Waals surface area contributed by atoms with Crippen LogP contribution in [0.5, 0.6) is 0 Å². The number of rotatable bonds is 2. The predicted molar refractivity (Wildman–Crippen MR) is 79.5 cm³/mol. The number of H-pyrrole nitrogens is 1. The zero-order valence-corrected chi connectivity index (χ0v) is 12.3. The van der Waals surface area contributed by atoms with Gasteiger partial charge in [0.05, 0.1) is 17.4 Å². The number of aromatic nitrogens is 2. The van der Waals surface area contributed by atoms with Gasteiger partial charge in [-0.2, -0.15) is 0 Å². The van der Waals surface area contributed by atoms with Crippen molar-refractivity contribution in [3.05, 3.63) is 29.0 Å². The Kier molecular flexibility index (Phi) is 3.12. The highest BCUT2D eigenvalue weighted by atomic mass is 35.5. The maximum atomic E-state index is 12.5. The smallest absolute Gasteiger partial charge is 0.340 e. The molecule has 21 heavy (non-hydrogen) atoms. The van der Waals surface area contributed by atoms with Crippen LogP contribution in [-0.2, 0) is 4.74 Å². The summed E-state index contributed by atoms with van der Waals surface area (Å²) in [5, 5.41) is 0.507. The van der Waals surface area contributed by atoms with E-state index in [1.54, 1.807) is 18.5 Å². The highest BCUT2D eigenvalue weighted by Crippen LogP contribution is 2.31. The van der Waals surface area contributed by atoms with Crippen LogP contribution in [0.2, 0.25) is 5.02 Å². The summed E-state index contributed by atoms with van der Waals surface area (Å²) in [5.41, 5.74) is 1.81. The molecule has 3 aliphatic heterocycles. The molecular formula is C15H16ClN3O2. The van der Waals surface area contributed by atoms with Gasteiger partial charge in [0.25, 0.3) is 0 Å². The Morgan fingerprint density at radius 3 is 2.90 bits per heavy atom. The van der Waals surface area contributed by atoms with Crippen LogP contribution in [0.1, 0.15) is 23.2 Å². The molecule has 110 valence electrons. The normalized spacial score (nSPS) is 28.0. The highest BCUT2D eigenvalue weighted by molar-refractivity contribution is 6.31. The van der Waals surface area contributed by atoms with Crippen LogP contribution in [0, 0.1) is 5.92 Å². The molecule has 1 atom stereocenters. The predicted octanol–water partition coefficient (Wildman–Crippen LogP) is 2.47. The molecular weight excluding hydrogens is 290 g/mol. The molecule has 6 heteroatoms. The van der Waals surface area contributed by atoms with Crippen molar-refractivity contribution in [1.29, 1.82) is 0 Å². The van der Waals surface area contributed by atoms with E-state index in [9.17, 15) is 4.79 Å². The van der Waals surface area contributed by atoms with Crippen molar-refractivity contribution < 1.29 is 9.53 Å². The summed E-state index contributed by atoms with van der Waals surface area (Å²) in [4.78, 5) is 22.0. The molecule has 0 spiro atoms. The molecule has 0 unspecified atom stereocenters. The molecule has 5 rings (SSSR count). The van der Waals surface area contributed by atoms with Crippen LogP contribution in [-0.4, -0.2) is 46.6 Å². The van der Waals surface area contributed by atoms with Crippen LogP contribution in [0.4, 0.5) is 0 Å². The van der Waals surface area contributed by atoms with Gasteiger partial charge in [-0.1, -0.05) is 11.6 Å². The van der Waals surface area contributed by atoms with Crippen molar-refractivity contribution >= 4 is 28.6 Å². The summed E-state index contributed by atoms with van der Waals surface area (Å²) in [6, 6.07) is 3.39. The second-order valence-electron chi connectivity index (χ2n) is 5.83. The largest absolute Gasteiger partial charge is 0.457 e. The molecule has 4 heterocycles. The number of ether oxygens (including phenoxy) is 1. The third kappa shape index (κ3) is 2.30. The van der Waals surface area contributed by atoms with Gasteiger partial charge in [-0.05, 0) is 44.0 Å². The summed E-state index contributed by atoms with van der Waals surface area (Å²) in [6.07, 6.45) is 3.79. The van der Waals surface area contributed by atoms with Gasteiger partial charge in [-0.25, -0.2) is 9.78 Å². The zero-order valence-electron chi connectivity index (χ0n) is 11.5. The Labute approximate surface area is 127 Å². The molecule has 0 amide bonds. The van der Waals surface area contributed by atoms with Gasteiger partial charge in [-0.15, -0.1) is 0 Å². The first kappa shape index (κ1) is 13.1. The fourth-order valence-electron chi connectivity index (χ4n) is 3.42. The standard InChI is InChI=1S/C15H16ClN3O2/c16-10-5-11(14-12(6-10)17-8-18-14)15(20)21-13-7-19-3-1-9(13)2-4-19/h5-6,8-9,13H,1-4,7H2,(H,17,18)/t13-/m1/s1. The monoisotopic (exact) mass is 305 g/mol. The summed E-state index contributed by atoms with van der Waals surface area (Å²) < 4.78 is 5.75. The lowest BCUT2D eigenvalue weighted by Gasteiger charge is -2.43. The Morgan fingerprint density at radius 1 is 1.38 bits per heavy atom. The molecule has 0 saturated carbocycles. The molecule has 3 saturated heterocycles. The van der Waals surface area contributed by atoms with E-state index in [0.717, 1.165) is 38.0 Å². The third-order valence-electron chi connectivity index (χ3n) is 4.56. The van der Waals surface area contributed by atoms with Crippen molar-refractivity contribution in [3.8, 4) is 0 Å². The molecule has 5 nitrogen and oxygen atoms in total. The first-order valence-electron chi connectivity index (χ1n) is 7.26. The highest BCUT2D eigenvalue weighted by Gasteiger charge is 2.36. The molecule has 1 N–H and O–H groups in total. The van der Waals surface area contributed by atoms with Crippen LogP contribution in [0.25, 0.3) is 11.0 Å². The average Bonchev–Trinajstić information content (AvgIpc) is 2.95. The Bertz CT molecular complexity index is 691. The summed E-state index contributed by atoms with van der Waals surface area (Å²) >= 11 is 6.07. The van der Waals surface area contributed by atoms with Crippen LogP contribution < -0.4 is 0 Å². The number of carbonyl (C=O) groups excluding carboxylic acids is 1. The van der Waals surface area contributed by atoms with Crippen LogP contribution >= 0.6 is 11.6 Å². The maximum Gasteiger partial charge on any atom is 0.340 e. The number of nitrogens with zero attached hydrogens (tertiary/aromatic N) is 2. The van der Waals surface area contributed by atoms with E-state index in [-0.39, 0.29) is 12.1 Å². The number of aromatic amines is 1. The topological polar surface area (TPSA) is 58.2 Å². The minimum atomic E-state index is -0.326. The average molecular weight is 306 g/mol. The van der Waals surface area contributed by atoms with Gasteiger partial charge in [0, 0.05) is 11.6 Å². The van der Waals surface area contributed by atoms with Gasteiger partial charge in [0.2, 0.25) is 0 Å². The SMILES string of the molecule is O=C(O[C@@H]1CN2CCC1CC2)c1cc(Cl)cc2[nH]cnc12. The number of halogens is 1. The van der Waals surface area contributed by atoms with Gasteiger partial charge in [-0.3, -0.25) is 4.90 Å². The van der Waals surface area contributed by atoms with Gasteiger partial charge < -0.3 is 9.72 Å². The molecule has 2 bridgehead atoms. The second kappa shape index (κ2) is 5.00. The lowest BCUT2D eigenvalue weighted by atomic mass is 9.86. The molecule has 2 aromatic rings. The lowest BCUT2D eigenvalue weighted by molar-refractivity contribution is -0.0454. The van der Waals surface area contributed by atoms with E-state index in [2.05, 4.69) is 14.9 Å². The van der Waals surface area contributed by atoms with Gasteiger partial charge >= 0.3 is 5.97 Å². The zero-order chi connectivity index (χ0) is 14.4. The fourth-order valence-corrected chi connectivity index (χ4v) is 3.63. The van der Waals surface area contributed by atoms with Crippen molar-refractivity contribution in [2.24, 2.45) is 5.92 Å². The number of hydrogen-bond donors (Lipinski definition) is 1. The Morgan fingerprint density at radius 2 is 2.19 bits per heavy atom. The molecule has 3 fully saturated rings. The van der Waals surface area contributed by atoms with Crippen molar-refractivity contribution in [3.63, 3.8) is 0 Å². The van der Waals surface area contributed by atoms with Crippen LogP contribution in [0.15, 0.2) is 18.5 Å². The van der Waals surface area contributed by atoms with E-state index in [0.29, 0.717) is 22.0 Å². The Hall–Kier alpha value is -1.59. The minimum Gasteiger partial charge on any atom is -0.457 e. The van der Waals surface area contributed by atoms with E-state index in [1.165, 1.54) is 0 Å². The number of imidazole rings is 1.